The summed E-state index contributed by atoms with van der Waals surface area (Å²) in [6.45, 7) is 2.76. The average molecular weight is 306 g/mol. The molecule has 0 spiro atoms. The number of rotatable bonds is 7. The van der Waals surface area contributed by atoms with Crippen LogP contribution in [0.4, 0.5) is 0 Å². The predicted molar refractivity (Wildman–Crippen MR) is 77.0 cm³/mol. The Morgan fingerprint density at radius 1 is 1.37 bits per heavy atom. The summed E-state index contributed by atoms with van der Waals surface area (Å²) >= 11 is 5.81. The molecule has 0 aromatic heterocycles. The Kier molecular flexibility index (Phi) is 6.26. The quantitative estimate of drug-likeness (QED) is 0.574. The van der Waals surface area contributed by atoms with Crippen LogP contribution in [0, 0.1) is 6.92 Å². The molecule has 0 fully saturated rings. The van der Waals surface area contributed by atoms with E-state index in [4.69, 9.17) is 16.3 Å². The second-order valence-electron chi connectivity index (χ2n) is 4.35. The molecule has 4 nitrogen and oxygen atoms in total. The number of alkyl halides is 1. The number of benzene rings is 1. The summed E-state index contributed by atoms with van der Waals surface area (Å²) < 4.78 is 31.2. The number of halogens is 1. The second-order valence-corrected chi connectivity index (χ2v) is 6.63. The fourth-order valence-corrected chi connectivity index (χ4v) is 3.57. The molecule has 108 valence electrons. The predicted octanol–water partition coefficient (Wildman–Crippen LogP) is 2.39. The zero-order valence-corrected chi connectivity index (χ0v) is 13.1. The van der Waals surface area contributed by atoms with Gasteiger partial charge >= 0.3 is 0 Å². The molecule has 0 N–H and O–H groups in total. The zero-order valence-electron chi connectivity index (χ0n) is 11.5. The third-order valence-electron chi connectivity index (χ3n) is 3.05. The van der Waals surface area contributed by atoms with Crippen molar-refractivity contribution in [3.05, 3.63) is 29.3 Å². The highest BCUT2D eigenvalue weighted by Gasteiger charge is 2.23. The normalized spacial score (nSPS) is 12.1. The highest BCUT2D eigenvalue weighted by molar-refractivity contribution is 7.89. The van der Waals surface area contributed by atoms with Gasteiger partial charge in [-0.05, 0) is 30.5 Å². The van der Waals surface area contributed by atoms with Gasteiger partial charge in [-0.1, -0.05) is 12.1 Å². The van der Waals surface area contributed by atoms with E-state index >= 15 is 0 Å². The third kappa shape index (κ3) is 3.92. The van der Waals surface area contributed by atoms with Crippen LogP contribution in [0.25, 0.3) is 0 Å². The zero-order chi connectivity index (χ0) is 14.5. The van der Waals surface area contributed by atoms with Crippen molar-refractivity contribution in [1.82, 2.24) is 4.31 Å². The Morgan fingerprint density at radius 2 is 2.05 bits per heavy atom. The lowest BCUT2D eigenvalue weighted by atomic mass is 10.1. The first-order valence-electron chi connectivity index (χ1n) is 6.05. The molecule has 0 saturated carbocycles. The lowest BCUT2D eigenvalue weighted by Gasteiger charge is -2.19. The molecule has 1 rings (SSSR count). The average Bonchev–Trinajstić information content (AvgIpc) is 2.38. The Bertz CT molecular complexity index is 517. The molecular weight excluding hydrogens is 286 g/mol. The van der Waals surface area contributed by atoms with Crippen LogP contribution in [0.2, 0.25) is 0 Å². The highest BCUT2D eigenvalue weighted by Crippen LogP contribution is 2.23. The molecule has 0 radical (unpaired) electrons. The van der Waals surface area contributed by atoms with Gasteiger partial charge in [0, 0.05) is 33.2 Å². The van der Waals surface area contributed by atoms with E-state index in [1.807, 2.05) is 6.07 Å². The molecule has 0 saturated heterocycles. The molecule has 19 heavy (non-hydrogen) atoms. The van der Waals surface area contributed by atoms with Crippen molar-refractivity contribution in [3.8, 4) is 0 Å². The molecule has 0 atom stereocenters. The van der Waals surface area contributed by atoms with E-state index in [1.54, 1.807) is 33.2 Å². The molecule has 0 amide bonds. The van der Waals surface area contributed by atoms with Crippen LogP contribution in [-0.4, -0.2) is 40.0 Å². The maximum absolute atomic E-state index is 12.5. The summed E-state index contributed by atoms with van der Waals surface area (Å²) in [5.74, 6) is 0.308. The fraction of sp³-hybridized carbons (Fsp3) is 0.538. The maximum atomic E-state index is 12.5. The molecule has 0 aliphatic rings. The van der Waals surface area contributed by atoms with Crippen LogP contribution in [-0.2, 0) is 20.6 Å². The van der Waals surface area contributed by atoms with E-state index < -0.39 is 10.0 Å². The minimum atomic E-state index is -3.46. The monoisotopic (exact) mass is 305 g/mol. The van der Waals surface area contributed by atoms with Crippen LogP contribution >= 0.6 is 11.6 Å². The molecule has 0 aliphatic heterocycles. The standard InChI is InChI=1S/C13H20ClNO3S/c1-11-12(10-14)6-4-7-13(11)19(16,17)15(2)8-5-9-18-3/h4,6-7H,5,8-10H2,1-3H3. The Hall–Kier alpha value is -0.620. The summed E-state index contributed by atoms with van der Waals surface area (Å²) in [6, 6.07) is 5.18. The van der Waals surface area contributed by atoms with Gasteiger partial charge in [0.15, 0.2) is 0 Å². The molecule has 0 bridgehead atoms. The lowest BCUT2D eigenvalue weighted by molar-refractivity contribution is 0.189. The Labute approximate surface area is 120 Å². The topological polar surface area (TPSA) is 46.6 Å². The molecule has 6 heteroatoms. The van der Waals surface area contributed by atoms with Crippen LogP contribution < -0.4 is 0 Å². The lowest BCUT2D eigenvalue weighted by Crippen LogP contribution is -2.29. The summed E-state index contributed by atoms with van der Waals surface area (Å²) in [6.07, 6.45) is 0.667. The molecule has 0 heterocycles. The van der Waals surface area contributed by atoms with Crippen molar-refractivity contribution >= 4 is 21.6 Å². The first-order valence-corrected chi connectivity index (χ1v) is 8.02. The molecule has 0 unspecified atom stereocenters. The van der Waals surface area contributed by atoms with Gasteiger partial charge in [0.1, 0.15) is 0 Å². The first kappa shape index (κ1) is 16.4. The Balaban J connectivity index is 3.00. The molecular formula is C13H20ClNO3S. The highest BCUT2D eigenvalue weighted by atomic mass is 35.5. The van der Waals surface area contributed by atoms with Gasteiger partial charge in [0.2, 0.25) is 10.0 Å². The number of hydrogen-bond donors (Lipinski definition) is 0. The van der Waals surface area contributed by atoms with Gasteiger partial charge in [-0.3, -0.25) is 0 Å². The number of hydrogen-bond acceptors (Lipinski definition) is 3. The minimum absolute atomic E-state index is 0.308. The number of sulfonamides is 1. The van der Waals surface area contributed by atoms with E-state index in [1.165, 1.54) is 4.31 Å². The molecule has 1 aromatic carbocycles. The number of methoxy groups -OCH3 is 1. The third-order valence-corrected chi connectivity index (χ3v) is 5.34. The first-order chi connectivity index (χ1) is 8.95. The van der Waals surface area contributed by atoms with Crippen molar-refractivity contribution in [2.45, 2.75) is 24.1 Å². The van der Waals surface area contributed by atoms with Gasteiger partial charge in [-0.15, -0.1) is 11.6 Å². The van der Waals surface area contributed by atoms with E-state index in [0.717, 1.165) is 11.1 Å². The minimum Gasteiger partial charge on any atom is -0.385 e. The SMILES string of the molecule is COCCCN(C)S(=O)(=O)c1cccc(CCl)c1C. The summed E-state index contributed by atoms with van der Waals surface area (Å²) in [5.41, 5.74) is 1.56. The van der Waals surface area contributed by atoms with Crippen LogP contribution in [0.1, 0.15) is 17.5 Å². The fourth-order valence-electron chi connectivity index (χ4n) is 1.80. The van der Waals surface area contributed by atoms with Gasteiger partial charge in [-0.25, -0.2) is 12.7 Å². The van der Waals surface area contributed by atoms with Crippen molar-refractivity contribution in [3.63, 3.8) is 0 Å². The van der Waals surface area contributed by atoms with E-state index in [9.17, 15) is 8.42 Å². The number of nitrogens with zero attached hydrogens (tertiary/aromatic N) is 1. The molecule has 1 aromatic rings. The van der Waals surface area contributed by atoms with Crippen LogP contribution in [0.15, 0.2) is 23.1 Å². The van der Waals surface area contributed by atoms with Crippen molar-refractivity contribution in [2.75, 3.05) is 27.3 Å². The maximum Gasteiger partial charge on any atom is 0.243 e. The van der Waals surface area contributed by atoms with Crippen molar-refractivity contribution in [1.29, 1.82) is 0 Å². The van der Waals surface area contributed by atoms with Crippen molar-refractivity contribution < 1.29 is 13.2 Å². The largest absolute Gasteiger partial charge is 0.385 e. The summed E-state index contributed by atoms with van der Waals surface area (Å²) in [4.78, 5) is 0.325. The second kappa shape index (κ2) is 7.24. The van der Waals surface area contributed by atoms with Gasteiger partial charge in [0.25, 0.3) is 0 Å². The number of ether oxygens (including phenoxy) is 1. The van der Waals surface area contributed by atoms with Crippen molar-refractivity contribution in [2.24, 2.45) is 0 Å². The summed E-state index contributed by atoms with van der Waals surface area (Å²) in [7, 11) is -0.283. The van der Waals surface area contributed by atoms with Crippen LogP contribution in [0.5, 0.6) is 0 Å². The Morgan fingerprint density at radius 3 is 2.63 bits per heavy atom. The van der Waals surface area contributed by atoms with E-state index in [-0.39, 0.29) is 0 Å². The van der Waals surface area contributed by atoms with E-state index in [2.05, 4.69) is 0 Å². The van der Waals surface area contributed by atoms with E-state index in [0.29, 0.717) is 30.3 Å². The van der Waals surface area contributed by atoms with Gasteiger partial charge in [-0.2, -0.15) is 0 Å². The smallest absolute Gasteiger partial charge is 0.243 e. The van der Waals surface area contributed by atoms with Gasteiger partial charge in [0.05, 0.1) is 4.90 Å². The summed E-state index contributed by atoms with van der Waals surface area (Å²) in [5, 5.41) is 0. The van der Waals surface area contributed by atoms with Crippen LogP contribution in [0.3, 0.4) is 0 Å². The molecule has 0 aliphatic carbocycles. The van der Waals surface area contributed by atoms with Gasteiger partial charge < -0.3 is 4.74 Å².